The fraction of sp³-hybridized carbons (Fsp3) is 0.429. The van der Waals surface area contributed by atoms with Gasteiger partial charge in [0, 0.05) is 26.2 Å². The molecule has 0 saturated heterocycles. The van der Waals surface area contributed by atoms with Gasteiger partial charge in [0.2, 0.25) is 0 Å². The minimum Gasteiger partial charge on any atom is -0.490 e. The Bertz CT molecular complexity index is 643. The van der Waals surface area contributed by atoms with Crippen LogP contribution < -0.4 is 20.1 Å². The molecule has 0 saturated carbocycles. The number of aliphatic hydroxyl groups excluding tert-OH is 1. The van der Waals surface area contributed by atoms with Gasteiger partial charge >= 0.3 is 0 Å². The Morgan fingerprint density at radius 3 is 2.29 bits per heavy atom. The number of hydrogen-bond acceptors (Lipinski definition) is 5. The van der Waals surface area contributed by atoms with E-state index in [-0.39, 0.29) is 30.9 Å². The van der Waals surface area contributed by atoms with Crippen LogP contribution in [0.5, 0.6) is 11.5 Å². The zero-order valence-corrected chi connectivity index (χ0v) is 18.2. The Labute approximate surface area is 180 Å². The number of ether oxygens (including phenoxy) is 2. The largest absolute Gasteiger partial charge is 0.490 e. The maximum absolute atomic E-state index is 9.20. The Kier molecular flexibility index (Phi) is 14.6. The third-order valence-corrected chi connectivity index (χ3v) is 3.79. The summed E-state index contributed by atoms with van der Waals surface area (Å²) in [6.45, 7) is 7.90. The van der Waals surface area contributed by atoms with Gasteiger partial charge < -0.3 is 25.2 Å². The summed E-state index contributed by atoms with van der Waals surface area (Å²) < 4.78 is 11.7. The fourth-order valence-corrected chi connectivity index (χ4v) is 2.51. The standard InChI is InChI=1S/C21H30N2O3.2ClH/c1-3-25-21-13-19(15-23-12-11-22-14-17(2)24)9-10-20(21)26-16-18-7-5-4-6-8-18;;/h4-10,13,17,22-24H,3,11-12,14-16H2,1-2H3;2*1H. The smallest absolute Gasteiger partial charge is 0.161 e. The predicted octanol–water partition coefficient (Wildman–Crippen LogP) is 3.57. The monoisotopic (exact) mass is 430 g/mol. The van der Waals surface area contributed by atoms with Gasteiger partial charge in [-0.3, -0.25) is 0 Å². The molecule has 1 unspecified atom stereocenters. The average molecular weight is 431 g/mol. The van der Waals surface area contributed by atoms with Gasteiger partial charge in [-0.2, -0.15) is 0 Å². The first kappa shape index (κ1) is 26.5. The van der Waals surface area contributed by atoms with E-state index < -0.39 is 0 Å². The second kappa shape index (κ2) is 15.4. The second-order valence-electron chi connectivity index (χ2n) is 6.22. The van der Waals surface area contributed by atoms with Crippen molar-refractivity contribution in [2.24, 2.45) is 0 Å². The number of benzene rings is 2. The molecular weight excluding hydrogens is 399 g/mol. The van der Waals surface area contributed by atoms with Crippen molar-refractivity contribution in [2.75, 3.05) is 26.2 Å². The normalized spacial score (nSPS) is 11.1. The molecule has 0 radical (unpaired) electrons. The van der Waals surface area contributed by atoms with E-state index in [4.69, 9.17) is 9.47 Å². The fourth-order valence-electron chi connectivity index (χ4n) is 2.51. The van der Waals surface area contributed by atoms with Crippen molar-refractivity contribution in [2.45, 2.75) is 33.1 Å². The van der Waals surface area contributed by atoms with E-state index in [1.165, 1.54) is 0 Å². The number of nitrogens with one attached hydrogen (secondary N) is 2. The summed E-state index contributed by atoms with van der Waals surface area (Å²) in [4.78, 5) is 0. The first-order valence-electron chi connectivity index (χ1n) is 9.21. The highest BCUT2D eigenvalue weighted by molar-refractivity contribution is 5.85. The van der Waals surface area contributed by atoms with Crippen molar-refractivity contribution in [1.82, 2.24) is 10.6 Å². The molecular formula is C21H32Cl2N2O3. The summed E-state index contributed by atoms with van der Waals surface area (Å²) in [5.74, 6) is 1.54. The molecule has 28 heavy (non-hydrogen) atoms. The third kappa shape index (κ3) is 10.2. The van der Waals surface area contributed by atoms with Crippen molar-refractivity contribution in [3.05, 3.63) is 59.7 Å². The second-order valence-corrected chi connectivity index (χ2v) is 6.22. The zero-order chi connectivity index (χ0) is 18.6. The maximum atomic E-state index is 9.20. The molecule has 5 nitrogen and oxygen atoms in total. The van der Waals surface area contributed by atoms with Crippen molar-refractivity contribution in [3.8, 4) is 11.5 Å². The first-order valence-corrected chi connectivity index (χ1v) is 9.21. The molecule has 0 aliphatic heterocycles. The zero-order valence-electron chi connectivity index (χ0n) is 16.5. The van der Waals surface area contributed by atoms with Gasteiger partial charge in [0.15, 0.2) is 11.5 Å². The van der Waals surface area contributed by atoms with Gasteiger partial charge in [0.1, 0.15) is 6.61 Å². The van der Waals surface area contributed by atoms with Crippen LogP contribution in [0.15, 0.2) is 48.5 Å². The van der Waals surface area contributed by atoms with Gasteiger partial charge in [-0.15, -0.1) is 24.8 Å². The van der Waals surface area contributed by atoms with Crippen LogP contribution in [-0.4, -0.2) is 37.5 Å². The van der Waals surface area contributed by atoms with Gasteiger partial charge in [-0.05, 0) is 37.1 Å². The SMILES string of the molecule is CCOc1cc(CNCCNCC(C)O)ccc1OCc1ccccc1.Cl.Cl. The van der Waals surface area contributed by atoms with E-state index in [1.54, 1.807) is 6.92 Å². The van der Waals surface area contributed by atoms with Gasteiger partial charge in [0.25, 0.3) is 0 Å². The van der Waals surface area contributed by atoms with Crippen molar-refractivity contribution in [1.29, 1.82) is 0 Å². The molecule has 3 N–H and O–H groups in total. The molecule has 2 rings (SSSR count). The Morgan fingerprint density at radius 1 is 0.893 bits per heavy atom. The summed E-state index contributed by atoms with van der Waals surface area (Å²) in [5, 5.41) is 15.8. The van der Waals surface area contributed by atoms with Crippen molar-refractivity contribution < 1.29 is 14.6 Å². The Balaban J connectivity index is 0.00000364. The van der Waals surface area contributed by atoms with Crippen LogP contribution in [0.3, 0.4) is 0 Å². The molecule has 7 heteroatoms. The van der Waals surface area contributed by atoms with E-state index in [0.717, 1.165) is 42.3 Å². The molecule has 0 fully saturated rings. The summed E-state index contributed by atoms with van der Waals surface area (Å²) in [6, 6.07) is 16.2. The lowest BCUT2D eigenvalue weighted by molar-refractivity contribution is 0.191. The maximum Gasteiger partial charge on any atom is 0.161 e. The van der Waals surface area contributed by atoms with Crippen LogP contribution in [0.1, 0.15) is 25.0 Å². The quantitative estimate of drug-likeness (QED) is 0.449. The molecule has 0 spiro atoms. The van der Waals surface area contributed by atoms with Crippen LogP contribution in [0.25, 0.3) is 0 Å². The lowest BCUT2D eigenvalue weighted by atomic mass is 10.2. The molecule has 1 atom stereocenters. The van der Waals surface area contributed by atoms with E-state index in [2.05, 4.69) is 16.7 Å². The average Bonchev–Trinajstić information content (AvgIpc) is 2.65. The highest BCUT2D eigenvalue weighted by atomic mass is 35.5. The summed E-state index contributed by atoms with van der Waals surface area (Å²) >= 11 is 0. The number of rotatable bonds is 12. The summed E-state index contributed by atoms with van der Waals surface area (Å²) in [6.07, 6.45) is -0.313. The van der Waals surface area contributed by atoms with E-state index in [1.807, 2.05) is 49.4 Å². The Morgan fingerprint density at radius 2 is 1.61 bits per heavy atom. The molecule has 0 amide bonds. The minimum absolute atomic E-state index is 0. The summed E-state index contributed by atoms with van der Waals surface area (Å²) in [7, 11) is 0. The summed E-state index contributed by atoms with van der Waals surface area (Å²) in [5.41, 5.74) is 2.28. The molecule has 0 heterocycles. The Hall–Kier alpha value is -1.50. The topological polar surface area (TPSA) is 62.8 Å². The number of halogens is 2. The van der Waals surface area contributed by atoms with Crippen LogP contribution in [-0.2, 0) is 13.2 Å². The first-order chi connectivity index (χ1) is 12.7. The highest BCUT2D eigenvalue weighted by Crippen LogP contribution is 2.29. The van der Waals surface area contributed by atoms with Crippen LogP contribution in [0.4, 0.5) is 0 Å². The van der Waals surface area contributed by atoms with Crippen LogP contribution >= 0.6 is 24.8 Å². The van der Waals surface area contributed by atoms with Gasteiger partial charge in [-0.1, -0.05) is 36.4 Å². The van der Waals surface area contributed by atoms with Crippen LogP contribution in [0, 0.1) is 0 Å². The highest BCUT2D eigenvalue weighted by Gasteiger charge is 2.07. The van der Waals surface area contributed by atoms with E-state index in [9.17, 15) is 5.11 Å². The molecule has 158 valence electrons. The van der Waals surface area contributed by atoms with Crippen LogP contribution in [0.2, 0.25) is 0 Å². The number of hydrogen-bond donors (Lipinski definition) is 3. The molecule has 2 aromatic rings. The van der Waals surface area contributed by atoms with E-state index in [0.29, 0.717) is 19.8 Å². The van der Waals surface area contributed by atoms with E-state index >= 15 is 0 Å². The minimum atomic E-state index is -0.313. The lowest BCUT2D eigenvalue weighted by Crippen LogP contribution is -2.31. The molecule has 0 bridgehead atoms. The van der Waals surface area contributed by atoms with Gasteiger partial charge in [0.05, 0.1) is 12.7 Å². The molecule has 0 aliphatic carbocycles. The molecule has 2 aromatic carbocycles. The number of aliphatic hydroxyl groups is 1. The predicted molar refractivity (Wildman–Crippen MR) is 119 cm³/mol. The third-order valence-electron chi connectivity index (χ3n) is 3.79. The lowest BCUT2D eigenvalue weighted by Gasteiger charge is -2.14. The van der Waals surface area contributed by atoms with Crippen molar-refractivity contribution in [3.63, 3.8) is 0 Å². The van der Waals surface area contributed by atoms with Crippen molar-refractivity contribution >= 4 is 24.8 Å². The molecule has 0 aromatic heterocycles. The van der Waals surface area contributed by atoms with Gasteiger partial charge in [-0.25, -0.2) is 0 Å². The molecule has 0 aliphatic rings.